The molecule has 15 heavy (non-hydrogen) atoms. The first-order valence-corrected chi connectivity index (χ1v) is 5.60. The van der Waals surface area contributed by atoms with Crippen LogP contribution in [0.1, 0.15) is 24.4 Å². The zero-order valence-corrected chi connectivity index (χ0v) is 9.62. The minimum Gasteiger partial charge on any atom is -0.466 e. The van der Waals surface area contributed by atoms with Gasteiger partial charge in [0.05, 0.1) is 0 Å². The van der Waals surface area contributed by atoms with Gasteiger partial charge in [0.2, 0.25) is 0 Å². The molecule has 0 atom stereocenters. The number of hydrogen-bond donors (Lipinski definition) is 1. The topological polar surface area (TPSA) is 42.4 Å². The summed E-state index contributed by atoms with van der Waals surface area (Å²) in [5.41, 5.74) is 6.17. The van der Waals surface area contributed by atoms with E-state index in [2.05, 4.69) is 18.0 Å². The predicted molar refractivity (Wildman–Crippen MR) is 60.8 cm³/mol. The van der Waals surface area contributed by atoms with Gasteiger partial charge in [0.15, 0.2) is 0 Å². The third-order valence-electron chi connectivity index (χ3n) is 3.01. The summed E-state index contributed by atoms with van der Waals surface area (Å²) in [6, 6.07) is 4.07. The van der Waals surface area contributed by atoms with Gasteiger partial charge in [-0.1, -0.05) is 0 Å². The van der Waals surface area contributed by atoms with E-state index < -0.39 is 0 Å². The largest absolute Gasteiger partial charge is 0.466 e. The normalized spacial score (nSPS) is 18.4. The molecule has 1 saturated carbocycles. The van der Waals surface area contributed by atoms with E-state index in [0.29, 0.717) is 0 Å². The second-order valence-corrected chi connectivity index (χ2v) is 4.86. The first-order valence-electron chi connectivity index (χ1n) is 5.60. The molecule has 2 rings (SSSR count). The smallest absolute Gasteiger partial charge is 0.105 e. The molecule has 0 saturated heterocycles. The molecular weight excluding hydrogens is 188 g/mol. The van der Waals surface area contributed by atoms with Crippen molar-refractivity contribution in [3.8, 4) is 0 Å². The molecule has 84 valence electrons. The van der Waals surface area contributed by atoms with Crippen molar-refractivity contribution in [2.24, 2.45) is 5.73 Å². The molecule has 0 bridgehead atoms. The molecule has 0 amide bonds. The van der Waals surface area contributed by atoms with E-state index in [1.165, 1.54) is 12.8 Å². The van der Waals surface area contributed by atoms with E-state index in [0.717, 1.165) is 31.0 Å². The average molecular weight is 208 g/mol. The molecule has 0 unspecified atom stereocenters. The highest BCUT2D eigenvalue weighted by molar-refractivity contribution is 5.06. The lowest BCUT2D eigenvalue weighted by Crippen LogP contribution is -2.38. The summed E-state index contributed by atoms with van der Waals surface area (Å²) in [5, 5.41) is 0. The van der Waals surface area contributed by atoms with E-state index in [-0.39, 0.29) is 5.54 Å². The lowest BCUT2D eigenvalue weighted by Gasteiger charge is -2.19. The molecule has 1 aromatic heterocycles. The predicted octanol–water partition coefficient (Wildman–Crippen LogP) is 1.55. The van der Waals surface area contributed by atoms with E-state index in [1.807, 2.05) is 13.0 Å². The van der Waals surface area contributed by atoms with Crippen LogP contribution in [-0.2, 0) is 6.42 Å². The number of furan rings is 1. The van der Waals surface area contributed by atoms with Gasteiger partial charge in [-0.15, -0.1) is 0 Å². The maximum atomic E-state index is 6.06. The summed E-state index contributed by atoms with van der Waals surface area (Å²) in [6.07, 6.45) is 3.33. The number of rotatable bonds is 5. The lowest BCUT2D eigenvalue weighted by molar-refractivity contribution is 0.297. The highest BCUT2D eigenvalue weighted by Gasteiger charge is 2.38. The molecule has 0 radical (unpaired) electrons. The SMILES string of the molecule is Cc1ccc(CCN(C)CC2(N)CC2)o1. The van der Waals surface area contributed by atoms with Crippen LogP contribution in [0, 0.1) is 6.92 Å². The molecule has 1 heterocycles. The molecule has 0 aromatic carbocycles. The van der Waals surface area contributed by atoms with Crippen molar-refractivity contribution < 1.29 is 4.42 Å². The van der Waals surface area contributed by atoms with Gasteiger partial charge >= 0.3 is 0 Å². The Kier molecular flexibility index (Phi) is 2.85. The number of nitrogens with zero attached hydrogens (tertiary/aromatic N) is 1. The van der Waals surface area contributed by atoms with Crippen LogP contribution in [0.4, 0.5) is 0 Å². The van der Waals surface area contributed by atoms with Gasteiger partial charge < -0.3 is 15.1 Å². The van der Waals surface area contributed by atoms with Crippen LogP contribution in [0.25, 0.3) is 0 Å². The van der Waals surface area contributed by atoms with Crippen LogP contribution in [0.15, 0.2) is 16.5 Å². The summed E-state index contributed by atoms with van der Waals surface area (Å²) in [7, 11) is 2.13. The second-order valence-electron chi connectivity index (χ2n) is 4.86. The van der Waals surface area contributed by atoms with Crippen molar-refractivity contribution in [1.29, 1.82) is 0 Å². The molecule has 0 spiro atoms. The van der Waals surface area contributed by atoms with E-state index >= 15 is 0 Å². The van der Waals surface area contributed by atoms with Gasteiger partial charge in [-0.25, -0.2) is 0 Å². The van der Waals surface area contributed by atoms with Crippen LogP contribution < -0.4 is 5.73 Å². The van der Waals surface area contributed by atoms with Crippen LogP contribution in [-0.4, -0.2) is 30.6 Å². The Hall–Kier alpha value is -0.800. The number of aryl methyl sites for hydroxylation is 1. The maximum absolute atomic E-state index is 6.06. The standard InChI is InChI=1S/C12H20N2O/c1-10-3-4-11(15-10)5-8-14(2)9-12(13)6-7-12/h3-4H,5-9,13H2,1-2H3. The molecule has 2 N–H and O–H groups in total. The van der Waals surface area contributed by atoms with Gasteiger partial charge in [0.25, 0.3) is 0 Å². The minimum atomic E-state index is 0.119. The lowest BCUT2D eigenvalue weighted by atomic mass is 10.2. The van der Waals surface area contributed by atoms with Crippen LogP contribution >= 0.6 is 0 Å². The third kappa shape index (κ3) is 3.08. The summed E-state index contributed by atoms with van der Waals surface area (Å²) in [4.78, 5) is 2.30. The Labute approximate surface area is 91.2 Å². The molecule has 3 nitrogen and oxygen atoms in total. The number of nitrogens with two attached hydrogens (primary N) is 1. The number of likely N-dealkylation sites (N-methyl/N-ethyl adjacent to an activating group) is 1. The minimum absolute atomic E-state index is 0.119. The van der Waals surface area contributed by atoms with Gasteiger partial charge in [-0.3, -0.25) is 0 Å². The van der Waals surface area contributed by atoms with Gasteiger partial charge in [-0.2, -0.15) is 0 Å². The van der Waals surface area contributed by atoms with Crippen molar-refractivity contribution >= 4 is 0 Å². The fourth-order valence-corrected chi connectivity index (χ4v) is 1.86. The molecule has 1 aliphatic carbocycles. The van der Waals surface area contributed by atoms with Crippen LogP contribution in [0.2, 0.25) is 0 Å². The number of hydrogen-bond acceptors (Lipinski definition) is 3. The first-order chi connectivity index (χ1) is 7.07. The van der Waals surface area contributed by atoms with E-state index in [1.54, 1.807) is 0 Å². The average Bonchev–Trinajstić information content (AvgIpc) is 2.74. The van der Waals surface area contributed by atoms with E-state index in [9.17, 15) is 0 Å². The quantitative estimate of drug-likeness (QED) is 0.798. The second kappa shape index (κ2) is 3.99. The summed E-state index contributed by atoms with van der Waals surface area (Å²) < 4.78 is 5.52. The Morgan fingerprint density at radius 3 is 2.73 bits per heavy atom. The third-order valence-corrected chi connectivity index (χ3v) is 3.01. The van der Waals surface area contributed by atoms with E-state index in [4.69, 9.17) is 10.2 Å². The van der Waals surface area contributed by atoms with Crippen molar-refractivity contribution in [3.63, 3.8) is 0 Å². The zero-order valence-electron chi connectivity index (χ0n) is 9.62. The molecule has 1 fully saturated rings. The molecule has 1 aliphatic rings. The van der Waals surface area contributed by atoms with Crippen LogP contribution in [0.5, 0.6) is 0 Å². The zero-order chi connectivity index (χ0) is 10.9. The summed E-state index contributed by atoms with van der Waals surface area (Å²) in [5.74, 6) is 2.06. The monoisotopic (exact) mass is 208 g/mol. The van der Waals surface area contributed by atoms with Gasteiger partial charge in [0.1, 0.15) is 11.5 Å². The maximum Gasteiger partial charge on any atom is 0.105 e. The highest BCUT2D eigenvalue weighted by Crippen LogP contribution is 2.32. The Morgan fingerprint density at radius 1 is 1.47 bits per heavy atom. The molecule has 3 heteroatoms. The van der Waals surface area contributed by atoms with Crippen molar-refractivity contribution in [2.45, 2.75) is 31.7 Å². The Morgan fingerprint density at radius 2 is 2.20 bits per heavy atom. The summed E-state index contributed by atoms with van der Waals surface area (Å²) in [6.45, 7) is 4.00. The highest BCUT2D eigenvalue weighted by atomic mass is 16.3. The van der Waals surface area contributed by atoms with Crippen molar-refractivity contribution in [2.75, 3.05) is 20.1 Å². The van der Waals surface area contributed by atoms with Gasteiger partial charge in [0, 0.05) is 25.0 Å². The molecule has 1 aromatic rings. The molecular formula is C12H20N2O. The van der Waals surface area contributed by atoms with Crippen LogP contribution in [0.3, 0.4) is 0 Å². The van der Waals surface area contributed by atoms with Crippen molar-refractivity contribution in [1.82, 2.24) is 4.90 Å². The van der Waals surface area contributed by atoms with Gasteiger partial charge in [-0.05, 0) is 38.9 Å². The summed E-state index contributed by atoms with van der Waals surface area (Å²) >= 11 is 0. The Bertz CT molecular complexity index is 328. The Balaban J connectivity index is 1.73. The fraction of sp³-hybridized carbons (Fsp3) is 0.667. The van der Waals surface area contributed by atoms with Crippen molar-refractivity contribution in [3.05, 3.63) is 23.7 Å². The molecule has 0 aliphatic heterocycles. The first kappa shape index (κ1) is 10.7. The fourth-order valence-electron chi connectivity index (χ4n) is 1.86.